The molecule has 0 bridgehead atoms. The lowest BCUT2D eigenvalue weighted by Crippen LogP contribution is -2.54. The Kier molecular flexibility index (Phi) is 12.2. The quantitative estimate of drug-likeness (QED) is 0.129. The second-order valence-corrected chi connectivity index (χ2v) is 15.2. The number of piperidine rings is 1. The summed E-state index contributed by atoms with van der Waals surface area (Å²) in [5.41, 5.74) is 6.56. The molecule has 1 unspecified atom stereocenters. The van der Waals surface area contributed by atoms with Gasteiger partial charge in [0.2, 0.25) is 11.8 Å². The van der Waals surface area contributed by atoms with E-state index < -0.39 is 29.7 Å². The summed E-state index contributed by atoms with van der Waals surface area (Å²) in [6, 6.07) is 25.2. The Morgan fingerprint density at radius 2 is 1.51 bits per heavy atom. The molecule has 11 heteroatoms. The lowest BCUT2D eigenvalue weighted by Gasteiger charge is -2.41. The van der Waals surface area contributed by atoms with Crippen molar-refractivity contribution in [2.45, 2.75) is 38.6 Å². The second-order valence-electron chi connectivity index (χ2n) is 15.2. The molecule has 4 fully saturated rings. The van der Waals surface area contributed by atoms with Gasteiger partial charge >= 0.3 is 0 Å². The van der Waals surface area contributed by atoms with Crippen LogP contribution in [0.4, 0.5) is 0 Å². The van der Waals surface area contributed by atoms with E-state index in [9.17, 15) is 24.3 Å². The number of carbonyl (C=O) groups excluding carboxylic acids is 4. The number of phenols is 1. The third-order valence-corrected chi connectivity index (χ3v) is 11.5. The molecule has 0 aliphatic carbocycles. The number of benzene rings is 3. The average molecular weight is 770 g/mol. The molecule has 3 aromatic rings. The monoisotopic (exact) mass is 769 g/mol. The Bertz CT molecular complexity index is 2080. The third kappa shape index (κ3) is 8.95. The zero-order valence-corrected chi connectivity index (χ0v) is 32.6. The van der Waals surface area contributed by atoms with E-state index in [1.165, 1.54) is 11.1 Å². The van der Waals surface area contributed by atoms with Crippen LogP contribution in [0.1, 0.15) is 49.3 Å². The molecule has 1 atom stereocenters. The summed E-state index contributed by atoms with van der Waals surface area (Å²) in [4.78, 5) is 58.0. The number of allylic oxidation sites excluding steroid dienone is 2. The first-order valence-corrected chi connectivity index (χ1v) is 19.9. The summed E-state index contributed by atoms with van der Waals surface area (Å²) in [7, 11) is 0. The Morgan fingerprint density at radius 3 is 2.16 bits per heavy atom. The standard InChI is InChI=1S/C46H51N5O6/c1-4-39(34-8-6-5-7-9-34)43(35-10-14-37(52)15-11-35)36-12-16-38(17-13-36)57-27-26-49-29-33(30-49)20-21-48-22-24-50(25-23-48)31(2)28-40-32(3)45(55)51(46(40)56)41-18-19-42(53)47-44(41)54/h5-17,28,33,41,52H,2-4,18-27,29-30H2,1H3,(H,47,53,54)/b40-28+,43-39-. The predicted molar refractivity (Wildman–Crippen MR) is 220 cm³/mol. The number of hydrogen-bond acceptors (Lipinski definition) is 9. The smallest absolute Gasteiger partial charge is 0.262 e. The fraction of sp³-hybridized carbons (Fsp3) is 0.348. The number of nitrogens with zero attached hydrogens (tertiary/aromatic N) is 4. The van der Waals surface area contributed by atoms with E-state index in [0.29, 0.717) is 18.2 Å². The van der Waals surface area contributed by atoms with Crippen molar-refractivity contribution in [3.63, 3.8) is 0 Å². The van der Waals surface area contributed by atoms with Gasteiger partial charge < -0.3 is 14.7 Å². The number of phenolic OH excluding ortho intramolecular Hbond substituents is 1. The van der Waals surface area contributed by atoms with Crippen LogP contribution in [0.2, 0.25) is 0 Å². The molecule has 4 aliphatic heterocycles. The highest BCUT2D eigenvalue weighted by Gasteiger charge is 2.46. The summed E-state index contributed by atoms with van der Waals surface area (Å²) in [6.07, 6.45) is 3.78. The van der Waals surface area contributed by atoms with Gasteiger partial charge in [0.05, 0.1) is 5.57 Å². The maximum Gasteiger partial charge on any atom is 0.262 e. The van der Waals surface area contributed by atoms with Crippen LogP contribution in [-0.4, -0.2) is 113 Å². The minimum Gasteiger partial charge on any atom is -0.508 e. The van der Waals surface area contributed by atoms with E-state index >= 15 is 0 Å². The number of nitrogens with one attached hydrogen (secondary N) is 1. The second kappa shape index (κ2) is 17.6. The van der Waals surface area contributed by atoms with E-state index in [-0.39, 0.29) is 29.7 Å². The molecular weight excluding hydrogens is 719 g/mol. The van der Waals surface area contributed by atoms with Crippen molar-refractivity contribution in [2.24, 2.45) is 5.92 Å². The molecule has 3 aromatic carbocycles. The molecule has 0 spiro atoms. The topological polar surface area (TPSA) is 123 Å². The number of imide groups is 2. The van der Waals surface area contributed by atoms with E-state index in [1.807, 2.05) is 30.3 Å². The first-order chi connectivity index (χ1) is 27.6. The lowest BCUT2D eigenvalue weighted by atomic mass is 9.88. The summed E-state index contributed by atoms with van der Waals surface area (Å²) in [5, 5.41) is 12.2. The molecule has 0 aromatic heterocycles. The number of amides is 4. The molecule has 4 heterocycles. The van der Waals surface area contributed by atoms with Gasteiger partial charge in [0.25, 0.3) is 11.8 Å². The summed E-state index contributed by atoms with van der Waals surface area (Å²) < 4.78 is 6.17. The summed E-state index contributed by atoms with van der Waals surface area (Å²) in [5.74, 6) is -0.474. The number of carbonyl (C=O) groups is 4. The highest BCUT2D eigenvalue weighted by atomic mass is 16.5. The molecule has 57 heavy (non-hydrogen) atoms. The number of hydrogen-bond donors (Lipinski definition) is 2. The summed E-state index contributed by atoms with van der Waals surface area (Å²) >= 11 is 0. The van der Waals surface area contributed by atoms with E-state index in [4.69, 9.17) is 4.74 Å². The Balaban J connectivity index is 0.829. The van der Waals surface area contributed by atoms with Crippen molar-refractivity contribution < 1.29 is 29.0 Å². The highest BCUT2D eigenvalue weighted by Crippen LogP contribution is 2.36. The SMILES string of the molecule is C=C1C(=O)N(C2CCC(=O)NC2=O)C(=O)/C1=C/C(=C)N1CCN(CCC2CN(CCOc3ccc(/C(=C(/CC)c4ccccc4)c4ccc(O)cc4)cc3)C2)CC1. The van der Waals surface area contributed by atoms with Crippen LogP contribution >= 0.6 is 0 Å². The van der Waals surface area contributed by atoms with Crippen LogP contribution in [0.25, 0.3) is 11.1 Å². The molecule has 296 valence electrons. The van der Waals surface area contributed by atoms with Crippen LogP contribution in [-0.2, 0) is 19.2 Å². The third-order valence-electron chi connectivity index (χ3n) is 11.5. The van der Waals surface area contributed by atoms with Crippen molar-refractivity contribution in [1.82, 2.24) is 24.9 Å². The minimum atomic E-state index is -1.02. The normalized spacial score (nSPS) is 20.8. The van der Waals surface area contributed by atoms with Crippen molar-refractivity contribution in [2.75, 3.05) is 59.0 Å². The first-order valence-electron chi connectivity index (χ1n) is 19.9. The Hall–Kier alpha value is -5.78. The Morgan fingerprint density at radius 1 is 0.842 bits per heavy atom. The average Bonchev–Trinajstić information content (AvgIpc) is 3.41. The molecule has 4 saturated heterocycles. The van der Waals surface area contributed by atoms with Gasteiger partial charge in [-0.05, 0) is 89.9 Å². The highest BCUT2D eigenvalue weighted by molar-refractivity contribution is 6.26. The minimum absolute atomic E-state index is 0.0406. The number of likely N-dealkylation sites (tertiary alicyclic amines) is 2. The number of rotatable bonds is 14. The number of aromatic hydroxyl groups is 1. The van der Waals surface area contributed by atoms with Crippen LogP contribution in [0.3, 0.4) is 0 Å². The first kappa shape index (κ1) is 39.5. The maximum absolute atomic E-state index is 13.2. The molecule has 7 rings (SSSR count). The van der Waals surface area contributed by atoms with E-state index in [2.05, 4.69) is 76.5 Å². The van der Waals surface area contributed by atoms with Crippen LogP contribution in [0, 0.1) is 5.92 Å². The van der Waals surface area contributed by atoms with Crippen molar-refractivity contribution in [3.8, 4) is 11.5 Å². The predicted octanol–water partition coefficient (Wildman–Crippen LogP) is 5.25. The van der Waals surface area contributed by atoms with E-state index in [1.54, 1.807) is 18.2 Å². The van der Waals surface area contributed by atoms with Crippen molar-refractivity contribution in [1.29, 1.82) is 0 Å². The Labute approximate surface area is 334 Å². The molecular formula is C46H51N5O6. The molecule has 2 N–H and O–H groups in total. The maximum atomic E-state index is 13.2. The molecule has 0 radical (unpaired) electrons. The van der Waals surface area contributed by atoms with Gasteiger partial charge in [0, 0.05) is 63.5 Å². The fourth-order valence-electron chi connectivity index (χ4n) is 8.21. The zero-order valence-electron chi connectivity index (χ0n) is 32.6. The number of piperazine rings is 1. The molecule has 0 saturated carbocycles. The van der Waals surface area contributed by atoms with Gasteiger partial charge in [0.1, 0.15) is 24.1 Å². The van der Waals surface area contributed by atoms with Gasteiger partial charge in [-0.15, -0.1) is 0 Å². The van der Waals surface area contributed by atoms with Gasteiger partial charge in [-0.25, -0.2) is 0 Å². The van der Waals surface area contributed by atoms with Gasteiger partial charge in [-0.2, -0.15) is 0 Å². The molecule has 4 aliphatic rings. The van der Waals surface area contributed by atoms with Crippen molar-refractivity contribution >= 4 is 34.8 Å². The number of ether oxygens (including phenoxy) is 1. The van der Waals surface area contributed by atoms with E-state index in [0.717, 1.165) is 92.5 Å². The molecule has 4 amide bonds. The zero-order chi connectivity index (χ0) is 40.1. The van der Waals surface area contributed by atoms with Gasteiger partial charge in [0.15, 0.2) is 0 Å². The van der Waals surface area contributed by atoms with Crippen molar-refractivity contribution in [3.05, 3.63) is 132 Å². The van der Waals surface area contributed by atoms with Gasteiger partial charge in [-0.3, -0.25) is 39.2 Å². The van der Waals surface area contributed by atoms with Crippen LogP contribution < -0.4 is 10.1 Å². The summed E-state index contributed by atoms with van der Waals surface area (Å²) in [6.45, 7) is 18.1. The fourth-order valence-corrected chi connectivity index (χ4v) is 8.21. The molecule has 11 nitrogen and oxygen atoms in total. The van der Waals surface area contributed by atoms with Gasteiger partial charge in [-0.1, -0.05) is 74.7 Å². The van der Waals surface area contributed by atoms with Crippen LogP contribution in [0.15, 0.2) is 115 Å². The largest absolute Gasteiger partial charge is 0.508 e. The lowest BCUT2D eigenvalue weighted by molar-refractivity contribution is -0.149. The van der Waals surface area contributed by atoms with Crippen LogP contribution in [0.5, 0.6) is 11.5 Å².